The topological polar surface area (TPSA) is 77.5 Å². The van der Waals surface area contributed by atoms with Crippen LogP contribution in [-0.4, -0.2) is 18.1 Å². The monoisotopic (exact) mass is 290 g/mol. The summed E-state index contributed by atoms with van der Waals surface area (Å²) in [5.74, 6) is 1.19. The summed E-state index contributed by atoms with van der Waals surface area (Å²) in [7, 11) is 0. The van der Waals surface area contributed by atoms with Gasteiger partial charge in [0, 0.05) is 30.8 Å². The van der Waals surface area contributed by atoms with Gasteiger partial charge < -0.3 is 14.5 Å². The van der Waals surface area contributed by atoms with Gasteiger partial charge in [-0.25, -0.2) is 0 Å². The van der Waals surface area contributed by atoms with Crippen LogP contribution in [0.15, 0.2) is 41.0 Å². The Morgan fingerprint density at radius 2 is 2.24 bits per heavy atom. The second kappa shape index (κ2) is 7.33. The molecule has 0 saturated carbocycles. The van der Waals surface area contributed by atoms with Gasteiger partial charge in [0.25, 0.3) is 0 Å². The van der Waals surface area contributed by atoms with Gasteiger partial charge in [0.05, 0.1) is 17.8 Å². The van der Waals surface area contributed by atoms with Crippen LogP contribution in [0.1, 0.15) is 19.1 Å². The lowest BCUT2D eigenvalue weighted by Gasteiger charge is -2.09. The van der Waals surface area contributed by atoms with Crippen molar-refractivity contribution in [2.75, 3.05) is 18.5 Å². The molecule has 1 N–H and O–H groups in total. The first-order chi connectivity index (χ1) is 10.2. The van der Waals surface area contributed by atoms with Gasteiger partial charge >= 0.3 is 5.69 Å². The van der Waals surface area contributed by atoms with Crippen LogP contribution >= 0.6 is 0 Å². The van der Waals surface area contributed by atoms with E-state index in [1.165, 1.54) is 6.07 Å². The first-order valence-electron chi connectivity index (χ1n) is 6.88. The Kier molecular flexibility index (Phi) is 5.20. The van der Waals surface area contributed by atoms with Gasteiger partial charge in [-0.3, -0.25) is 10.1 Å². The van der Waals surface area contributed by atoms with Gasteiger partial charge in [0.2, 0.25) is 0 Å². The quantitative estimate of drug-likeness (QED) is 0.593. The highest BCUT2D eigenvalue weighted by molar-refractivity contribution is 5.58. The Morgan fingerprint density at radius 3 is 2.90 bits per heavy atom. The van der Waals surface area contributed by atoms with Crippen LogP contribution in [0.3, 0.4) is 0 Å². The van der Waals surface area contributed by atoms with E-state index in [0.717, 1.165) is 24.3 Å². The number of nitrogens with one attached hydrogen (secondary N) is 1. The van der Waals surface area contributed by atoms with E-state index in [1.807, 2.05) is 19.1 Å². The van der Waals surface area contributed by atoms with Crippen LogP contribution in [0.4, 0.5) is 11.4 Å². The first-order valence-corrected chi connectivity index (χ1v) is 6.88. The van der Waals surface area contributed by atoms with Gasteiger partial charge in [0.15, 0.2) is 5.75 Å². The number of ether oxygens (including phenoxy) is 1. The normalized spacial score (nSPS) is 10.3. The van der Waals surface area contributed by atoms with E-state index in [2.05, 4.69) is 5.32 Å². The molecule has 0 aliphatic carbocycles. The molecule has 0 unspecified atom stereocenters. The number of nitro benzene ring substituents is 1. The number of nitro groups is 1. The van der Waals surface area contributed by atoms with Crippen molar-refractivity contribution in [1.29, 1.82) is 0 Å². The van der Waals surface area contributed by atoms with Gasteiger partial charge in [-0.2, -0.15) is 0 Å². The lowest BCUT2D eigenvalue weighted by atomic mass is 10.2. The molecule has 0 aliphatic rings. The van der Waals surface area contributed by atoms with Crippen molar-refractivity contribution < 1.29 is 14.1 Å². The van der Waals surface area contributed by atoms with E-state index in [-0.39, 0.29) is 5.69 Å². The van der Waals surface area contributed by atoms with E-state index in [1.54, 1.807) is 18.4 Å². The van der Waals surface area contributed by atoms with Crippen molar-refractivity contribution in [2.24, 2.45) is 0 Å². The Morgan fingerprint density at radius 1 is 1.38 bits per heavy atom. The van der Waals surface area contributed by atoms with Gasteiger partial charge in [-0.05, 0) is 24.6 Å². The van der Waals surface area contributed by atoms with Crippen molar-refractivity contribution in [2.45, 2.75) is 19.8 Å². The Labute approximate surface area is 122 Å². The average Bonchev–Trinajstić information content (AvgIpc) is 2.98. The van der Waals surface area contributed by atoms with Crippen molar-refractivity contribution in [3.05, 3.63) is 52.5 Å². The summed E-state index contributed by atoms with van der Waals surface area (Å²) >= 11 is 0. The molecule has 2 aromatic rings. The summed E-state index contributed by atoms with van der Waals surface area (Å²) in [6.45, 7) is 3.09. The first kappa shape index (κ1) is 14.9. The largest absolute Gasteiger partial charge is 0.487 e. The fourth-order valence-electron chi connectivity index (χ4n) is 1.89. The molecule has 112 valence electrons. The third kappa shape index (κ3) is 4.24. The second-order valence-corrected chi connectivity index (χ2v) is 4.54. The average molecular weight is 290 g/mol. The number of hydrogen-bond donors (Lipinski definition) is 1. The van der Waals surface area contributed by atoms with Crippen LogP contribution < -0.4 is 10.1 Å². The molecule has 0 radical (unpaired) electrons. The zero-order chi connectivity index (χ0) is 15.1. The van der Waals surface area contributed by atoms with E-state index >= 15 is 0 Å². The summed E-state index contributed by atoms with van der Waals surface area (Å²) in [5, 5.41) is 14.2. The third-order valence-electron chi connectivity index (χ3n) is 2.90. The van der Waals surface area contributed by atoms with Crippen LogP contribution in [0.5, 0.6) is 5.75 Å². The standard InChI is InChI=1S/C15H18N2O4/c1-2-9-21-15-11-12(5-6-14(15)17(18)19)16-8-7-13-4-3-10-20-13/h3-6,10-11,16H,2,7-9H2,1H3. The molecular formula is C15H18N2O4. The lowest BCUT2D eigenvalue weighted by molar-refractivity contribution is -0.385. The molecule has 6 heteroatoms. The molecule has 1 aromatic heterocycles. The minimum atomic E-state index is -0.433. The molecular weight excluding hydrogens is 272 g/mol. The minimum absolute atomic E-state index is 0.0139. The third-order valence-corrected chi connectivity index (χ3v) is 2.90. The van der Waals surface area contributed by atoms with E-state index < -0.39 is 4.92 Å². The van der Waals surface area contributed by atoms with E-state index in [4.69, 9.17) is 9.15 Å². The Bertz CT molecular complexity index is 581. The number of anilines is 1. The molecule has 0 fully saturated rings. The maximum Gasteiger partial charge on any atom is 0.311 e. The molecule has 0 atom stereocenters. The maximum absolute atomic E-state index is 11.0. The Hall–Kier alpha value is -2.50. The smallest absolute Gasteiger partial charge is 0.311 e. The van der Waals surface area contributed by atoms with Gasteiger partial charge in [0.1, 0.15) is 5.76 Å². The summed E-state index contributed by atoms with van der Waals surface area (Å²) < 4.78 is 10.7. The number of benzene rings is 1. The van der Waals surface area contributed by atoms with Gasteiger partial charge in [-0.15, -0.1) is 0 Å². The molecule has 6 nitrogen and oxygen atoms in total. The van der Waals surface area contributed by atoms with Crippen molar-refractivity contribution >= 4 is 11.4 Å². The fraction of sp³-hybridized carbons (Fsp3) is 0.333. The molecule has 0 bridgehead atoms. The van der Waals surface area contributed by atoms with Gasteiger partial charge in [-0.1, -0.05) is 6.92 Å². The van der Waals surface area contributed by atoms with Crippen LogP contribution in [0, 0.1) is 10.1 Å². The molecule has 0 saturated heterocycles. The molecule has 0 amide bonds. The minimum Gasteiger partial charge on any atom is -0.487 e. The van der Waals surface area contributed by atoms with E-state index in [9.17, 15) is 10.1 Å². The van der Waals surface area contributed by atoms with Crippen LogP contribution in [0.2, 0.25) is 0 Å². The molecule has 21 heavy (non-hydrogen) atoms. The zero-order valence-corrected chi connectivity index (χ0v) is 11.9. The number of furan rings is 1. The van der Waals surface area contributed by atoms with Crippen LogP contribution in [-0.2, 0) is 6.42 Å². The molecule has 0 aliphatic heterocycles. The zero-order valence-electron chi connectivity index (χ0n) is 11.9. The maximum atomic E-state index is 11.0. The summed E-state index contributed by atoms with van der Waals surface area (Å²) in [5.41, 5.74) is 0.776. The lowest BCUT2D eigenvalue weighted by Crippen LogP contribution is -2.05. The number of hydrogen-bond acceptors (Lipinski definition) is 5. The van der Waals surface area contributed by atoms with Crippen molar-refractivity contribution in [3.8, 4) is 5.75 Å². The van der Waals surface area contributed by atoms with E-state index in [0.29, 0.717) is 18.9 Å². The molecule has 1 aromatic carbocycles. The highest BCUT2D eigenvalue weighted by Gasteiger charge is 2.15. The van der Waals surface area contributed by atoms with Crippen molar-refractivity contribution in [1.82, 2.24) is 0 Å². The molecule has 0 spiro atoms. The highest BCUT2D eigenvalue weighted by atomic mass is 16.6. The number of rotatable bonds is 8. The highest BCUT2D eigenvalue weighted by Crippen LogP contribution is 2.30. The van der Waals surface area contributed by atoms with Crippen molar-refractivity contribution in [3.63, 3.8) is 0 Å². The second-order valence-electron chi connectivity index (χ2n) is 4.54. The summed E-state index contributed by atoms with van der Waals surface area (Å²) in [4.78, 5) is 10.5. The predicted molar refractivity (Wildman–Crippen MR) is 79.8 cm³/mol. The molecule has 2 rings (SSSR count). The van der Waals surface area contributed by atoms with Crippen LogP contribution in [0.25, 0.3) is 0 Å². The number of nitrogens with zero attached hydrogens (tertiary/aromatic N) is 1. The SMILES string of the molecule is CCCOc1cc(NCCc2ccco2)ccc1[N+](=O)[O-]. The molecule has 1 heterocycles. The summed E-state index contributed by atoms with van der Waals surface area (Å²) in [6, 6.07) is 8.56. The summed E-state index contributed by atoms with van der Waals surface area (Å²) in [6.07, 6.45) is 3.18. The predicted octanol–water partition coefficient (Wildman–Crippen LogP) is 3.63. The fourth-order valence-corrected chi connectivity index (χ4v) is 1.89. The Balaban J connectivity index is 2.00.